The first-order valence-corrected chi connectivity index (χ1v) is 10.7. The molecule has 2 N–H and O–H groups in total. The molecular formula is C24H31N3OS. The molecule has 0 saturated carbocycles. The maximum absolute atomic E-state index is 5.57. The summed E-state index contributed by atoms with van der Waals surface area (Å²) in [7, 11) is 0. The third-order valence-corrected chi connectivity index (χ3v) is 5.44. The van der Waals surface area contributed by atoms with Crippen LogP contribution >= 0.6 is 12.2 Å². The Hall–Kier alpha value is -2.53. The summed E-state index contributed by atoms with van der Waals surface area (Å²) < 4.78 is 5.57. The van der Waals surface area contributed by atoms with Gasteiger partial charge in [0.25, 0.3) is 0 Å². The fourth-order valence-electron chi connectivity index (χ4n) is 3.66. The normalized spacial score (nSPS) is 17.3. The number of nitrogens with one attached hydrogen (secondary N) is 2. The first kappa shape index (κ1) is 21.2. The average molecular weight is 410 g/mol. The van der Waals surface area contributed by atoms with Gasteiger partial charge in [0.2, 0.25) is 0 Å². The van der Waals surface area contributed by atoms with Crippen LogP contribution in [0.2, 0.25) is 0 Å². The zero-order chi connectivity index (χ0) is 20.6. The van der Waals surface area contributed by atoms with Crippen molar-refractivity contribution in [2.24, 2.45) is 5.92 Å². The molecule has 0 amide bonds. The Labute approximate surface area is 180 Å². The predicted molar refractivity (Wildman–Crippen MR) is 127 cm³/mol. The van der Waals surface area contributed by atoms with Crippen LogP contribution in [0, 0.1) is 5.92 Å². The van der Waals surface area contributed by atoms with Crippen LogP contribution in [0.15, 0.2) is 61.2 Å². The van der Waals surface area contributed by atoms with Gasteiger partial charge in [-0.3, -0.25) is 0 Å². The number of hydrogen-bond donors (Lipinski definition) is 2. The second kappa shape index (κ2) is 10.3. The Balaban J connectivity index is 1.54. The standard InChI is InChI=1S/C24H31N3OS/c1-4-15-28-23-9-5-8-21(16-23)26-24(29)25-19(3)20-10-12-22(13-11-20)27-14-6-7-18(2)17-27/h4-5,8-13,16,18-19H,1,6-7,14-15,17H2,2-3H3,(H2,25,26,29). The highest BCUT2D eigenvalue weighted by molar-refractivity contribution is 7.80. The lowest BCUT2D eigenvalue weighted by Crippen LogP contribution is -2.34. The van der Waals surface area contributed by atoms with Crippen LogP contribution in [-0.2, 0) is 0 Å². The molecule has 0 radical (unpaired) electrons. The molecular weight excluding hydrogens is 378 g/mol. The van der Waals surface area contributed by atoms with E-state index in [9.17, 15) is 0 Å². The number of hydrogen-bond acceptors (Lipinski definition) is 3. The maximum atomic E-state index is 5.57. The topological polar surface area (TPSA) is 36.5 Å². The van der Waals surface area contributed by atoms with E-state index in [2.05, 4.69) is 60.2 Å². The molecule has 154 valence electrons. The lowest BCUT2D eigenvalue weighted by molar-refractivity contribution is 0.363. The van der Waals surface area contributed by atoms with Gasteiger partial charge in [-0.25, -0.2) is 0 Å². The van der Waals surface area contributed by atoms with Gasteiger partial charge in [-0.05, 0) is 67.7 Å². The Bertz CT molecular complexity index is 821. The molecule has 1 aliphatic rings. The van der Waals surface area contributed by atoms with Crippen molar-refractivity contribution in [1.29, 1.82) is 0 Å². The van der Waals surface area contributed by atoms with Crippen LogP contribution in [0.5, 0.6) is 5.75 Å². The number of rotatable bonds is 7. The summed E-state index contributed by atoms with van der Waals surface area (Å²) in [5.41, 5.74) is 3.42. The minimum atomic E-state index is 0.115. The molecule has 1 saturated heterocycles. The van der Waals surface area contributed by atoms with Crippen molar-refractivity contribution < 1.29 is 4.74 Å². The molecule has 2 aromatic rings. The van der Waals surface area contributed by atoms with Gasteiger partial charge in [-0.15, -0.1) is 0 Å². The van der Waals surface area contributed by atoms with E-state index >= 15 is 0 Å². The van der Waals surface area contributed by atoms with Crippen molar-refractivity contribution in [3.05, 3.63) is 66.7 Å². The molecule has 2 atom stereocenters. The maximum Gasteiger partial charge on any atom is 0.171 e. The third kappa shape index (κ3) is 6.23. The highest BCUT2D eigenvalue weighted by Crippen LogP contribution is 2.25. The highest BCUT2D eigenvalue weighted by Gasteiger charge is 2.17. The lowest BCUT2D eigenvalue weighted by Gasteiger charge is -2.33. The number of thiocarbonyl (C=S) groups is 1. The third-order valence-electron chi connectivity index (χ3n) is 5.22. The largest absolute Gasteiger partial charge is 0.489 e. The van der Waals surface area contributed by atoms with E-state index in [0.29, 0.717) is 11.7 Å². The average Bonchev–Trinajstić information content (AvgIpc) is 2.72. The van der Waals surface area contributed by atoms with Crippen LogP contribution in [0.25, 0.3) is 0 Å². The predicted octanol–water partition coefficient (Wildman–Crippen LogP) is 5.54. The van der Waals surface area contributed by atoms with Crippen LogP contribution < -0.4 is 20.3 Å². The molecule has 29 heavy (non-hydrogen) atoms. The van der Waals surface area contributed by atoms with Crippen molar-refractivity contribution in [2.75, 3.05) is 29.9 Å². The second-order valence-electron chi connectivity index (χ2n) is 7.73. The molecule has 0 spiro atoms. The molecule has 4 nitrogen and oxygen atoms in total. The molecule has 3 rings (SSSR count). The summed E-state index contributed by atoms with van der Waals surface area (Å²) in [6, 6.07) is 16.7. The van der Waals surface area contributed by atoms with Crippen molar-refractivity contribution in [1.82, 2.24) is 5.32 Å². The van der Waals surface area contributed by atoms with Crippen LogP contribution in [-0.4, -0.2) is 24.8 Å². The van der Waals surface area contributed by atoms with Crippen molar-refractivity contribution in [3.8, 4) is 5.75 Å². The number of ether oxygens (including phenoxy) is 1. The van der Waals surface area contributed by atoms with E-state index < -0.39 is 0 Å². The van der Waals surface area contributed by atoms with Crippen LogP contribution in [0.1, 0.15) is 38.3 Å². The Morgan fingerprint density at radius 3 is 2.83 bits per heavy atom. The Morgan fingerprint density at radius 2 is 2.10 bits per heavy atom. The van der Waals surface area contributed by atoms with Crippen LogP contribution in [0.3, 0.4) is 0 Å². The summed E-state index contributed by atoms with van der Waals surface area (Å²) in [5, 5.41) is 7.19. The second-order valence-corrected chi connectivity index (χ2v) is 8.14. The Morgan fingerprint density at radius 1 is 1.31 bits per heavy atom. The van der Waals surface area contributed by atoms with Gasteiger partial charge in [0.1, 0.15) is 12.4 Å². The zero-order valence-electron chi connectivity index (χ0n) is 17.4. The van der Waals surface area contributed by atoms with Crippen LogP contribution in [0.4, 0.5) is 11.4 Å². The van der Waals surface area contributed by atoms with E-state index in [0.717, 1.165) is 30.4 Å². The smallest absolute Gasteiger partial charge is 0.171 e. The molecule has 0 aliphatic carbocycles. The molecule has 1 aliphatic heterocycles. The number of nitrogens with zero attached hydrogens (tertiary/aromatic N) is 1. The van der Waals surface area contributed by atoms with E-state index in [1.54, 1.807) is 6.08 Å². The van der Waals surface area contributed by atoms with Gasteiger partial charge in [0.15, 0.2) is 5.11 Å². The van der Waals surface area contributed by atoms with Gasteiger partial charge in [-0.1, -0.05) is 37.8 Å². The molecule has 2 aromatic carbocycles. The molecule has 1 heterocycles. The van der Waals surface area contributed by atoms with E-state index in [4.69, 9.17) is 17.0 Å². The summed E-state index contributed by atoms with van der Waals surface area (Å²) in [6.07, 6.45) is 4.34. The highest BCUT2D eigenvalue weighted by atomic mass is 32.1. The summed E-state index contributed by atoms with van der Waals surface area (Å²) in [5.74, 6) is 1.56. The van der Waals surface area contributed by atoms with Gasteiger partial charge in [0.05, 0.1) is 6.04 Å². The summed E-state index contributed by atoms with van der Waals surface area (Å²) in [4.78, 5) is 2.49. The fraction of sp³-hybridized carbons (Fsp3) is 0.375. The number of benzene rings is 2. The molecule has 0 bridgehead atoms. The van der Waals surface area contributed by atoms with E-state index in [-0.39, 0.29) is 6.04 Å². The number of piperidine rings is 1. The monoisotopic (exact) mass is 409 g/mol. The van der Waals surface area contributed by atoms with E-state index in [1.807, 2.05) is 24.3 Å². The quantitative estimate of drug-likeness (QED) is 0.464. The zero-order valence-corrected chi connectivity index (χ0v) is 18.2. The Kier molecular flexibility index (Phi) is 7.53. The minimum absolute atomic E-state index is 0.115. The van der Waals surface area contributed by atoms with Crippen molar-refractivity contribution in [2.45, 2.75) is 32.7 Å². The first-order valence-electron chi connectivity index (χ1n) is 10.3. The van der Waals surface area contributed by atoms with Gasteiger partial charge >= 0.3 is 0 Å². The number of anilines is 2. The SMILES string of the molecule is C=CCOc1cccc(NC(=S)NC(C)c2ccc(N3CCCC(C)C3)cc2)c1. The molecule has 5 heteroatoms. The fourth-order valence-corrected chi connectivity index (χ4v) is 3.96. The molecule has 0 aromatic heterocycles. The first-order chi connectivity index (χ1) is 14.0. The van der Waals surface area contributed by atoms with Gasteiger partial charge in [-0.2, -0.15) is 0 Å². The molecule has 2 unspecified atom stereocenters. The lowest BCUT2D eigenvalue weighted by atomic mass is 9.99. The summed E-state index contributed by atoms with van der Waals surface area (Å²) in [6.45, 7) is 10.9. The molecule has 1 fully saturated rings. The summed E-state index contributed by atoms with van der Waals surface area (Å²) >= 11 is 5.50. The minimum Gasteiger partial charge on any atom is -0.489 e. The van der Waals surface area contributed by atoms with Crippen molar-refractivity contribution >= 4 is 28.7 Å². The van der Waals surface area contributed by atoms with Gasteiger partial charge in [0, 0.05) is 30.5 Å². The van der Waals surface area contributed by atoms with Gasteiger partial charge < -0.3 is 20.3 Å². The van der Waals surface area contributed by atoms with Crippen molar-refractivity contribution in [3.63, 3.8) is 0 Å². The van der Waals surface area contributed by atoms with E-state index in [1.165, 1.54) is 24.1 Å².